The van der Waals surface area contributed by atoms with Crippen LogP contribution in [-0.4, -0.2) is 49.6 Å². The second-order valence-electron chi connectivity index (χ2n) is 5.96. The maximum atomic E-state index is 12.7. The number of hydrogen-bond donors (Lipinski definition) is 0. The Kier molecular flexibility index (Phi) is 4.43. The first kappa shape index (κ1) is 15.0. The number of hydrogen-bond acceptors (Lipinski definition) is 3. The van der Waals surface area contributed by atoms with Gasteiger partial charge in [0, 0.05) is 38.5 Å². The van der Waals surface area contributed by atoms with Crippen molar-refractivity contribution in [2.45, 2.75) is 25.3 Å². The highest BCUT2D eigenvalue weighted by Gasteiger charge is 2.40. The number of para-hydroxylation sites is 1. The van der Waals surface area contributed by atoms with Crippen LogP contribution in [0, 0.1) is 5.92 Å². The van der Waals surface area contributed by atoms with Crippen molar-refractivity contribution >= 4 is 17.5 Å². The van der Waals surface area contributed by atoms with E-state index in [4.69, 9.17) is 4.74 Å². The van der Waals surface area contributed by atoms with Crippen molar-refractivity contribution in [3.05, 3.63) is 30.3 Å². The molecule has 0 aliphatic carbocycles. The number of nitrogens with zero attached hydrogens (tertiary/aromatic N) is 2. The van der Waals surface area contributed by atoms with Crippen LogP contribution in [0.25, 0.3) is 0 Å². The minimum atomic E-state index is -0.534. The van der Waals surface area contributed by atoms with Gasteiger partial charge in [-0.1, -0.05) is 18.2 Å². The lowest BCUT2D eigenvalue weighted by Crippen LogP contribution is -2.45. The average molecular weight is 302 g/mol. The second kappa shape index (κ2) is 6.48. The quantitative estimate of drug-likeness (QED) is 0.798. The summed E-state index contributed by atoms with van der Waals surface area (Å²) in [7, 11) is 1.82. The highest BCUT2D eigenvalue weighted by atomic mass is 16.5. The molecule has 2 fully saturated rings. The Balaban J connectivity index is 1.68. The van der Waals surface area contributed by atoms with E-state index in [1.807, 2.05) is 37.4 Å². The highest BCUT2D eigenvalue weighted by molar-refractivity contribution is 6.09. The smallest absolute Gasteiger partial charge is 0.239 e. The molecule has 1 aromatic carbocycles. The first-order valence-corrected chi connectivity index (χ1v) is 7.89. The van der Waals surface area contributed by atoms with Gasteiger partial charge in [-0.2, -0.15) is 0 Å². The molecule has 2 saturated heterocycles. The van der Waals surface area contributed by atoms with Crippen molar-refractivity contribution in [3.63, 3.8) is 0 Å². The van der Waals surface area contributed by atoms with Crippen LogP contribution in [0.2, 0.25) is 0 Å². The lowest BCUT2D eigenvalue weighted by Gasteiger charge is -2.32. The number of amides is 2. The van der Waals surface area contributed by atoms with Gasteiger partial charge in [-0.15, -0.1) is 0 Å². The molecule has 0 unspecified atom stereocenters. The number of anilines is 1. The summed E-state index contributed by atoms with van der Waals surface area (Å²) >= 11 is 0. The molecule has 3 rings (SSSR count). The molecule has 0 saturated carbocycles. The monoisotopic (exact) mass is 302 g/mol. The average Bonchev–Trinajstić information content (AvgIpc) is 2.96. The minimum Gasteiger partial charge on any atom is -0.381 e. The molecule has 5 nitrogen and oxygen atoms in total. The van der Waals surface area contributed by atoms with E-state index in [0.717, 1.165) is 18.5 Å². The molecular weight excluding hydrogens is 280 g/mol. The van der Waals surface area contributed by atoms with E-state index < -0.39 is 5.92 Å². The molecule has 0 aromatic heterocycles. The molecule has 5 heteroatoms. The van der Waals surface area contributed by atoms with Gasteiger partial charge < -0.3 is 14.5 Å². The van der Waals surface area contributed by atoms with Crippen molar-refractivity contribution in [2.24, 2.45) is 5.92 Å². The molecule has 22 heavy (non-hydrogen) atoms. The van der Waals surface area contributed by atoms with Gasteiger partial charge in [0.2, 0.25) is 11.8 Å². The number of rotatable bonds is 3. The van der Waals surface area contributed by atoms with Crippen molar-refractivity contribution in [1.29, 1.82) is 0 Å². The van der Waals surface area contributed by atoms with Gasteiger partial charge in [0.25, 0.3) is 0 Å². The first-order chi connectivity index (χ1) is 10.7. The summed E-state index contributed by atoms with van der Waals surface area (Å²) in [5.41, 5.74) is 0.872. The molecule has 0 N–H and O–H groups in total. The van der Waals surface area contributed by atoms with Crippen LogP contribution in [-0.2, 0) is 14.3 Å². The van der Waals surface area contributed by atoms with Crippen LogP contribution in [0.4, 0.5) is 5.69 Å². The Morgan fingerprint density at radius 3 is 2.55 bits per heavy atom. The normalized spacial score (nSPS) is 22.9. The minimum absolute atomic E-state index is 0.0460. The molecule has 118 valence electrons. The predicted octanol–water partition coefficient (Wildman–Crippen LogP) is 1.68. The van der Waals surface area contributed by atoms with Gasteiger partial charge in [-0.25, -0.2) is 0 Å². The van der Waals surface area contributed by atoms with Gasteiger partial charge in [0.15, 0.2) is 0 Å². The molecule has 2 amide bonds. The molecule has 0 spiro atoms. The molecular formula is C17H22N2O3. The third kappa shape index (κ3) is 2.86. The lowest BCUT2D eigenvalue weighted by atomic mass is 10.0. The van der Waals surface area contributed by atoms with Gasteiger partial charge >= 0.3 is 0 Å². The zero-order valence-electron chi connectivity index (χ0n) is 12.9. The Hall–Kier alpha value is -1.88. The van der Waals surface area contributed by atoms with Crippen LogP contribution < -0.4 is 4.90 Å². The highest BCUT2D eigenvalue weighted by Crippen LogP contribution is 2.27. The van der Waals surface area contributed by atoms with Gasteiger partial charge in [0.1, 0.15) is 5.92 Å². The van der Waals surface area contributed by atoms with E-state index in [9.17, 15) is 9.59 Å². The van der Waals surface area contributed by atoms with Gasteiger partial charge in [-0.3, -0.25) is 9.59 Å². The zero-order valence-corrected chi connectivity index (χ0v) is 12.9. The van der Waals surface area contributed by atoms with E-state index >= 15 is 0 Å². The SMILES string of the molecule is CN(C(=O)[C@@H]1CCN(c2ccccc2)C1=O)C1CCOCC1. The Bertz CT molecular complexity index is 540. The predicted molar refractivity (Wildman–Crippen MR) is 83.5 cm³/mol. The van der Waals surface area contributed by atoms with Crippen LogP contribution in [0.1, 0.15) is 19.3 Å². The molecule has 2 aliphatic heterocycles. The molecule has 0 bridgehead atoms. The maximum Gasteiger partial charge on any atom is 0.239 e. The standard InChI is InChI=1S/C17H22N2O3/c1-18(13-8-11-22-12-9-13)16(20)15-7-10-19(17(15)21)14-5-3-2-4-6-14/h2-6,13,15H,7-12H2,1H3/t15-/m0/s1. The Labute approximate surface area is 130 Å². The van der Waals surface area contributed by atoms with Crippen LogP contribution >= 0.6 is 0 Å². The van der Waals surface area contributed by atoms with Crippen LogP contribution in [0.3, 0.4) is 0 Å². The zero-order chi connectivity index (χ0) is 15.5. The fourth-order valence-corrected chi connectivity index (χ4v) is 3.27. The number of benzene rings is 1. The van der Waals surface area contributed by atoms with E-state index in [1.165, 1.54) is 0 Å². The van der Waals surface area contributed by atoms with E-state index in [2.05, 4.69) is 0 Å². The van der Waals surface area contributed by atoms with E-state index in [0.29, 0.717) is 26.2 Å². The van der Waals surface area contributed by atoms with Crippen molar-refractivity contribution in [2.75, 3.05) is 31.7 Å². The summed E-state index contributed by atoms with van der Waals surface area (Å²) in [6, 6.07) is 9.75. The number of carbonyl (C=O) groups excluding carboxylic acids is 2. The van der Waals surface area contributed by atoms with Crippen molar-refractivity contribution in [3.8, 4) is 0 Å². The Morgan fingerprint density at radius 1 is 1.18 bits per heavy atom. The summed E-state index contributed by atoms with van der Waals surface area (Å²) in [5.74, 6) is -0.654. The fourth-order valence-electron chi connectivity index (χ4n) is 3.27. The van der Waals surface area contributed by atoms with E-state index in [1.54, 1.807) is 9.80 Å². The van der Waals surface area contributed by atoms with Crippen LogP contribution in [0.15, 0.2) is 30.3 Å². The number of carbonyl (C=O) groups is 2. The van der Waals surface area contributed by atoms with Crippen LogP contribution in [0.5, 0.6) is 0 Å². The summed E-state index contributed by atoms with van der Waals surface area (Å²) in [5, 5.41) is 0. The second-order valence-corrected chi connectivity index (χ2v) is 5.96. The van der Waals surface area contributed by atoms with Gasteiger partial charge in [-0.05, 0) is 31.4 Å². The summed E-state index contributed by atoms with van der Waals surface area (Å²) in [4.78, 5) is 28.7. The molecule has 1 aromatic rings. The third-order valence-corrected chi connectivity index (χ3v) is 4.66. The summed E-state index contributed by atoms with van der Waals surface area (Å²) in [6.07, 6.45) is 2.30. The van der Waals surface area contributed by atoms with E-state index in [-0.39, 0.29) is 17.9 Å². The Morgan fingerprint density at radius 2 is 1.86 bits per heavy atom. The molecule has 2 heterocycles. The summed E-state index contributed by atoms with van der Waals surface area (Å²) in [6.45, 7) is 1.99. The fraction of sp³-hybridized carbons (Fsp3) is 0.529. The summed E-state index contributed by atoms with van der Waals surface area (Å²) < 4.78 is 5.34. The largest absolute Gasteiger partial charge is 0.381 e. The molecule has 1 atom stereocenters. The van der Waals surface area contributed by atoms with Crippen molar-refractivity contribution < 1.29 is 14.3 Å². The van der Waals surface area contributed by atoms with Gasteiger partial charge in [0.05, 0.1) is 0 Å². The third-order valence-electron chi connectivity index (χ3n) is 4.66. The topological polar surface area (TPSA) is 49.9 Å². The molecule has 0 radical (unpaired) electrons. The lowest BCUT2D eigenvalue weighted by molar-refractivity contribution is -0.141. The number of ether oxygens (including phenoxy) is 1. The first-order valence-electron chi connectivity index (χ1n) is 7.89. The van der Waals surface area contributed by atoms with Crippen molar-refractivity contribution in [1.82, 2.24) is 4.90 Å². The maximum absolute atomic E-state index is 12.7. The molecule has 2 aliphatic rings.